The molecule has 0 aliphatic rings. The van der Waals surface area contributed by atoms with Crippen molar-refractivity contribution in [2.24, 2.45) is 5.92 Å². The molecule has 1 aromatic carbocycles. The molecule has 0 N–H and O–H groups in total. The summed E-state index contributed by atoms with van der Waals surface area (Å²) in [6, 6.07) is 3.78. The Kier molecular flexibility index (Phi) is 5.60. The monoisotopic (exact) mass is 320 g/mol. The molecule has 2 nitrogen and oxygen atoms in total. The fraction of sp³-hybridized carbons (Fsp3) is 0.538. The predicted octanol–water partition coefficient (Wildman–Crippen LogP) is 4.49. The number of ether oxygens (including phenoxy) is 2. The Bertz CT molecular complexity index is 382. The minimum atomic E-state index is 0.368. The summed E-state index contributed by atoms with van der Waals surface area (Å²) in [5, 5.41) is 1.57. The highest BCUT2D eigenvalue weighted by molar-refractivity contribution is 9.09. The smallest absolute Gasteiger partial charge is 0.141 e. The second-order valence-electron chi connectivity index (χ2n) is 4.15. The number of hydrogen-bond acceptors (Lipinski definition) is 2. The Morgan fingerprint density at radius 2 is 1.76 bits per heavy atom. The van der Waals surface area contributed by atoms with Crippen LogP contribution >= 0.6 is 27.5 Å². The molecule has 0 saturated heterocycles. The summed E-state index contributed by atoms with van der Waals surface area (Å²) in [6.07, 6.45) is 0. The molecule has 0 aliphatic carbocycles. The van der Waals surface area contributed by atoms with Crippen LogP contribution in [0.1, 0.15) is 25.3 Å². The number of methoxy groups -OCH3 is 2. The molecule has 0 aromatic heterocycles. The van der Waals surface area contributed by atoms with Crippen molar-refractivity contribution in [1.29, 1.82) is 0 Å². The van der Waals surface area contributed by atoms with Gasteiger partial charge in [0, 0.05) is 11.4 Å². The summed E-state index contributed by atoms with van der Waals surface area (Å²) in [7, 11) is 3.27. The molecule has 96 valence electrons. The van der Waals surface area contributed by atoms with E-state index in [1.165, 1.54) is 0 Å². The predicted molar refractivity (Wildman–Crippen MR) is 75.9 cm³/mol. The van der Waals surface area contributed by atoms with Crippen LogP contribution in [-0.2, 0) is 0 Å². The summed E-state index contributed by atoms with van der Waals surface area (Å²) in [5.41, 5.74) is 1.12. The maximum atomic E-state index is 6.16. The molecule has 0 bridgehead atoms. The average molecular weight is 322 g/mol. The zero-order valence-electron chi connectivity index (χ0n) is 10.6. The Hall–Kier alpha value is -0.410. The normalized spacial score (nSPS) is 14.2. The molecule has 0 spiro atoms. The molecule has 0 heterocycles. The van der Waals surface area contributed by atoms with Gasteiger partial charge in [0.05, 0.1) is 19.2 Å². The summed E-state index contributed by atoms with van der Waals surface area (Å²) < 4.78 is 10.6. The van der Waals surface area contributed by atoms with E-state index in [0.717, 1.165) is 16.6 Å². The van der Waals surface area contributed by atoms with Crippen LogP contribution in [0.3, 0.4) is 0 Å². The molecule has 1 aromatic rings. The van der Waals surface area contributed by atoms with E-state index in [1.807, 2.05) is 12.1 Å². The summed E-state index contributed by atoms with van der Waals surface area (Å²) in [6.45, 7) is 4.36. The Balaban J connectivity index is 3.18. The second kappa shape index (κ2) is 6.50. The number of alkyl halides is 1. The quantitative estimate of drug-likeness (QED) is 0.744. The number of rotatable bonds is 5. The van der Waals surface area contributed by atoms with Crippen molar-refractivity contribution in [3.8, 4) is 11.5 Å². The Labute approximate surface area is 116 Å². The average Bonchev–Trinajstić information content (AvgIpc) is 2.36. The van der Waals surface area contributed by atoms with E-state index in [4.69, 9.17) is 21.1 Å². The van der Waals surface area contributed by atoms with Gasteiger partial charge in [-0.15, -0.1) is 0 Å². The van der Waals surface area contributed by atoms with Gasteiger partial charge in [-0.05, 0) is 23.5 Å². The molecular formula is C13H18BrClO2. The van der Waals surface area contributed by atoms with Gasteiger partial charge < -0.3 is 9.47 Å². The van der Waals surface area contributed by atoms with Crippen LogP contribution in [0.4, 0.5) is 0 Å². The highest BCUT2D eigenvalue weighted by atomic mass is 79.9. The number of halogens is 2. The molecule has 4 heteroatoms. The molecule has 0 saturated carbocycles. The zero-order chi connectivity index (χ0) is 13.0. The van der Waals surface area contributed by atoms with E-state index in [1.54, 1.807) is 14.2 Å². The van der Waals surface area contributed by atoms with Crippen LogP contribution in [0.2, 0.25) is 5.02 Å². The fourth-order valence-electron chi connectivity index (χ4n) is 1.68. The summed E-state index contributed by atoms with van der Waals surface area (Å²) in [4.78, 5) is 0. The van der Waals surface area contributed by atoms with E-state index >= 15 is 0 Å². The third kappa shape index (κ3) is 3.29. The maximum absolute atomic E-state index is 6.16. The number of hydrogen-bond donors (Lipinski definition) is 0. The molecule has 2 atom stereocenters. The van der Waals surface area contributed by atoms with Crippen LogP contribution in [0.25, 0.3) is 0 Å². The van der Waals surface area contributed by atoms with E-state index < -0.39 is 0 Å². The third-order valence-corrected chi connectivity index (χ3v) is 4.41. The van der Waals surface area contributed by atoms with Crippen molar-refractivity contribution in [3.05, 3.63) is 22.7 Å². The van der Waals surface area contributed by atoms with Crippen molar-refractivity contribution < 1.29 is 9.47 Å². The van der Waals surface area contributed by atoms with Crippen molar-refractivity contribution in [1.82, 2.24) is 0 Å². The minimum Gasteiger partial charge on any atom is -0.496 e. The standard InChI is InChI=1S/C13H18BrClO2/c1-8(7-14)9(2)10-5-11(15)13(17-4)6-12(10)16-3/h5-6,8-9H,7H2,1-4H3. The Morgan fingerprint density at radius 3 is 2.24 bits per heavy atom. The first kappa shape index (κ1) is 14.7. The second-order valence-corrected chi connectivity index (χ2v) is 5.20. The van der Waals surface area contributed by atoms with Crippen LogP contribution in [0, 0.1) is 5.92 Å². The van der Waals surface area contributed by atoms with Crippen molar-refractivity contribution >= 4 is 27.5 Å². The SMILES string of the molecule is COc1cc(OC)c(C(C)C(C)CBr)cc1Cl. The molecular weight excluding hydrogens is 303 g/mol. The van der Waals surface area contributed by atoms with E-state index in [2.05, 4.69) is 29.8 Å². The van der Waals surface area contributed by atoms with E-state index in [0.29, 0.717) is 22.6 Å². The first-order valence-corrected chi connectivity index (χ1v) is 7.02. The summed E-state index contributed by atoms with van der Waals surface area (Å²) >= 11 is 9.67. The van der Waals surface area contributed by atoms with Gasteiger partial charge in [-0.2, -0.15) is 0 Å². The minimum absolute atomic E-state index is 0.368. The lowest BCUT2D eigenvalue weighted by Crippen LogP contribution is -2.09. The van der Waals surface area contributed by atoms with Gasteiger partial charge in [-0.1, -0.05) is 41.4 Å². The molecule has 1 rings (SSSR count). The summed E-state index contributed by atoms with van der Waals surface area (Å²) in [5.74, 6) is 2.35. The van der Waals surface area contributed by atoms with Gasteiger partial charge in [0.25, 0.3) is 0 Å². The Morgan fingerprint density at radius 1 is 1.18 bits per heavy atom. The van der Waals surface area contributed by atoms with Gasteiger partial charge in [0.2, 0.25) is 0 Å². The van der Waals surface area contributed by atoms with Gasteiger partial charge in [0.1, 0.15) is 11.5 Å². The number of benzene rings is 1. The highest BCUT2D eigenvalue weighted by Crippen LogP contribution is 2.39. The lowest BCUT2D eigenvalue weighted by molar-refractivity contribution is 0.384. The van der Waals surface area contributed by atoms with Crippen molar-refractivity contribution in [2.45, 2.75) is 19.8 Å². The van der Waals surface area contributed by atoms with Gasteiger partial charge in [0.15, 0.2) is 0 Å². The van der Waals surface area contributed by atoms with E-state index in [9.17, 15) is 0 Å². The van der Waals surface area contributed by atoms with Gasteiger partial charge >= 0.3 is 0 Å². The van der Waals surface area contributed by atoms with Crippen LogP contribution in [-0.4, -0.2) is 19.5 Å². The topological polar surface area (TPSA) is 18.5 Å². The molecule has 17 heavy (non-hydrogen) atoms. The molecule has 2 unspecified atom stereocenters. The van der Waals surface area contributed by atoms with Gasteiger partial charge in [-0.25, -0.2) is 0 Å². The lowest BCUT2D eigenvalue weighted by atomic mass is 9.89. The molecule has 0 aliphatic heterocycles. The van der Waals surface area contributed by atoms with Crippen molar-refractivity contribution in [2.75, 3.05) is 19.5 Å². The van der Waals surface area contributed by atoms with Crippen LogP contribution in [0.15, 0.2) is 12.1 Å². The molecule has 0 amide bonds. The highest BCUT2D eigenvalue weighted by Gasteiger charge is 2.19. The van der Waals surface area contributed by atoms with Crippen LogP contribution in [0.5, 0.6) is 11.5 Å². The maximum Gasteiger partial charge on any atom is 0.141 e. The van der Waals surface area contributed by atoms with Crippen LogP contribution < -0.4 is 9.47 Å². The zero-order valence-corrected chi connectivity index (χ0v) is 12.9. The molecule has 0 radical (unpaired) electrons. The fourth-order valence-corrected chi connectivity index (χ4v) is 2.49. The first-order valence-electron chi connectivity index (χ1n) is 5.52. The van der Waals surface area contributed by atoms with E-state index in [-0.39, 0.29) is 0 Å². The lowest BCUT2D eigenvalue weighted by Gasteiger charge is -2.21. The molecule has 0 fully saturated rings. The van der Waals surface area contributed by atoms with Crippen molar-refractivity contribution in [3.63, 3.8) is 0 Å². The first-order chi connectivity index (χ1) is 8.04. The van der Waals surface area contributed by atoms with Gasteiger partial charge in [-0.3, -0.25) is 0 Å². The third-order valence-electron chi connectivity index (χ3n) is 3.09. The largest absolute Gasteiger partial charge is 0.496 e.